The molecule has 1 saturated heterocycles. The van der Waals surface area contributed by atoms with E-state index in [9.17, 15) is 9.18 Å². The number of pyridine rings is 1. The molecule has 7 heteroatoms. The van der Waals surface area contributed by atoms with Gasteiger partial charge in [-0.3, -0.25) is 4.79 Å². The Balaban J connectivity index is 1.71. The van der Waals surface area contributed by atoms with Crippen molar-refractivity contribution in [3.8, 4) is 5.88 Å². The van der Waals surface area contributed by atoms with Crippen molar-refractivity contribution < 1.29 is 18.7 Å². The van der Waals surface area contributed by atoms with Crippen molar-refractivity contribution >= 4 is 11.6 Å². The van der Waals surface area contributed by atoms with Gasteiger partial charge in [-0.15, -0.1) is 0 Å². The third-order valence-electron chi connectivity index (χ3n) is 5.16. The quantitative estimate of drug-likeness (QED) is 0.623. The maximum absolute atomic E-state index is 12.7. The van der Waals surface area contributed by atoms with Gasteiger partial charge in [0.2, 0.25) is 5.88 Å². The molecule has 2 heterocycles. The lowest BCUT2D eigenvalue weighted by molar-refractivity contribution is 0.0385. The van der Waals surface area contributed by atoms with Crippen molar-refractivity contribution in [1.82, 2.24) is 10.3 Å². The second-order valence-electron chi connectivity index (χ2n) is 8.25. The fourth-order valence-electron chi connectivity index (χ4n) is 3.53. The van der Waals surface area contributed by atoms with E-state index in [4.69, 9.17) is 9.47 Å². The minimum atomic E-state index is -0.855. The summed E-state index contributed by atoms with van der Waals surface area (Å²) in [6, 6.07) is 3.43. The van der Waals surface area contributed by atoms with Crippen molar-refractivity contribution in [1.29, 1.82) is 0 Å². The molecule has 0 aromatic carbocycles. The van der Waals surface area contributed by atoms with Gasteiger partial charge in [0.25, 0.3) is 5.91 Å². The van der Waals surface area contributed by atoms with E-state index in [-0.39, 0.29) is 18.6 Å². The summed E-state index contributed by atoms with van der Waals surface area (Å²) < 4.78 is 23.3. The van der Waals surface area contributed by atoms with Crippen LogP contribution < -0.4 is 15.0 Å². The van der Waals surface area contributed by atoms with Crippen LogP contribution in [0, 0.1) is 11.8 Å². The maximum Gasteiger partial charge on any atom is 0.270 e. The summed E-state index contributed by atoms with van der Waals surface area (Å²) in [5.41, 5.74) is 1.29. The molecule has 6 nitrogen and oxygen atoms in total. The van der Waals surface area contributed by atoms with Crippen molar-refractivity contribution in [3.05, 3.63) is 17.8 Å². The van der Waals surface area contributed by atoms with Gasteiger partial charge in [-0.1, -0.05) is 13.8 Å². The Hall–Kier alpha value is -1.89. The molecule has 28 heavy (non-hydrogen) atoms. The first-order valence-corrected chi connectivity index (χ1v) is 10.4. The molecule has 1 N–H and O–H groups in total. The Morgan fingerprint density at radius 3 is 2.71 bits per heavy atom. The Labute approximate surface area is 166 Å². The molecule has 3 rings (SSSR count). The standard InChI is InChI=1S/C21H32FN3O3/c1-15(2)11-17(13-27-14-22)23-20(26)18-7-8-19(25-9-3-4-10-25)21(24-18)28-12-16-5-6-16/h7-8,15-17H,3-6,9-14H2,1-2H3,(H,23,26). The van der Waals surface area contributed by atoms with Gasteiger partial charge in [0.15, 0.2) is 6.86 Å². The average molecular weight is 394 g/mol. The number of hydrogen-bond acceptors (Lipinski definition) is 5. The third-order valence-corrected chi connectivity index (χ3v) is 5.16. The number of nitrogens with zero attached hydrogens (tertiary/aromatic N) is 2. The first-order chi connectivity index (χ1) is 13.6. The van der Waals surface area contributed by atoms with Gasteiger partial charge in [0.1, 0.15) is 5.69 Å². The van der Waals surface area contributed by atoms with Crippen LogP contribution in [0.4, 0.5) is 10.1 Å². The summed E-state index contributed by atoms with van der Waals surface area (Å²) >= 11 is 0. The van der Waals surface area contributed by atoms with E-state index < -0.39 is 6.86 Å². The van der Waals surface area contributed by atoms with E-state index in [1.807, 2.05) is 6.07 Å². The molecule has 0 spiro atoms. The summed E-state index contributed by atoms with van der Waals surface area (Å²) in [6.45, 7) is 6.04. The number of aromatic nitrogens is 1. The van der Waals surface area contributed by atoms with Crippen molar-refractivity contribution in [2.45, 2.75) is 52.0 Å². The lowest BCUT2D eigenvalue weighted by Crippen LogP contribution is -2.39. The zero-order chi connectivity index (χ0) is 19.9. The molecular weight excluding hydrogens is 361 g/mol. The first kappa shape index (κ1) is 20.8. The molecule has 2 fully saturated rings. The lowest BCUT2D eigenvalue weighted by Gasteiger charge is -2.22. The van der Waals surface area contributed by atoms with E-state index in [0.29, 0.717) is 36.4 Å². The molecule has 1 amide bonds. The van der Waals surface area contributed by atoms with Crippen molar-refractivity contribution in [2.75, 3.05) is 38.1 Å². The van der Waals surface area contributed by atoms with E-state index in [0.717, 1.165) is 31.6 Å². The van der Waals surface area contributed by atoms with Crippen LogP contribution in [0.15, 0.2) is 12.1 Å². The molecule has 1 atom stereocenters. The molecule has 1 aromatic rings. The number of carbonyl (C=O) groups is 1. The number of alkyl halides is 1. The summed E-state index contributed by atoms with van der Waals surface area (Å²) in [5, 5.41) is 2.93. The highest BCUT2D eigenvalue weighted by atomic mass is 19.1. The molecule has 0 radical (unpaired) electrons. The zero-order valence-corrected chi connectivity index (χ0v) is 17.0. The minimum Gasteiger partial charge on any atom is -0.476 e. The third kappa shape index (κ3) is 6.06. The number of nitrogens with one attached hydrogen (secondary N) is 1. The molecule has 1 saturated carbocycles. The number of halogens is 1. The monoisotopic (exact) mass is 393 g/mol. The largest absolute Gasteiger partial charge is 0.476 e. The number of rotatable bonds is 11. The van der Waals surface area contributed by atoms with Crippen molar-refractivity contribution in [3.63, 3.8) is 0 Å². The van der Waals surface area contributed by atoms with Gasteiger partial charge < -0.3 is 19.7 Å². The molecule has 1 aromatic heterocycles. The van der Waals surface area contributed by atoms with Crippen LogP contribution in [0.25, 0.3) is 0 Å². The Morgan fingerprint density at radius 2 is 2.07 bits per heavy atom. The van der Waals surface area contributed by atoms with E-state index in [1.54, 1.807) is 6.07 Å². The molecule has 0 bridgehead atoms. The Morgan fingerprint density at radius 1 is 1.32 bits per heavy atom. The van der Waals surface area contributed by atoms with Gasteiger partial charge in [0, 0.05) is 13.1 Å². The van der Waals surface area contributed by atoms with Gasteiger partial charge >= 0.3 is 0 Å². The van der Waals surface area contributed by atoms with E-state index in [2.05, 4.69) is 29.0 Å². The Kier molecular flexibility index (Phi) is 7.48. The molecule has 1 unspecified atom stereocenters. The first-order valence-electron chi connectivity index (χ1n) is 10.4. The lowest BCUT2D eigenvalue weighted by atomic mass is 10.0. The number of hydrogen-bond donors (Lipinski definition) is 1. The van der Waals surface area contributed by atoms with Crippen LogP contribution in [0.2, 0.25) is 0 Å². The number of amides is 1. The van der Waals surface area contributed by atoms with Crippen LogP contribution in [0.1, 0.15) is 56.4 Å². The number of anilines is 1. The highest BCUT2D eigenvalue weighted by molar-refractivity contribution is 5.93. The predicted molar refractivity (Wildman–Crippen MR) is 107 cm³/mol. The molecule has 1 aliphatic carbocycles. The van der Waals surface area contributed by atoms with Crippen LogP contribution in [-0.2, 0) is 4.74 Å². The molecule has 1 aliphatic heterocycles. The topological polar surface area (TPSA) is 63.7 Å². The fraction of sp³-hybridized carbons (Fsp3) is 0.714. The number of ether oxygens (including phenoxy) is 2. The molecule has 156 valence electrons. The normalized spacial score (nSPS) is 17.8. The van der Waals surface area contributed by atoms with Crippen LogP contribution in [-0.4, -0.2) is 50.1 Å². The smallest absolute Gasteiger partial charge is 0.270 e. The van der Waals surface area contributed by atoms with Crippen LogP contribution in [0.3, 0.4) is 0 Å². The summed E-state index contributed by atoms with van der Waals surface area (Å²) in [5.74, 6) is 1.23. The molecular formula is C21H32FN3O3. The van der Waals surface area contributed by atoms with E-state index >= 15 is 0 Å². The molecule has 2 aliphatic rings. The van der Waals surface area contributed by atoms with Gasteiger partial charge in [-0.2, -0.15) is 0 Å². The van der Waals surface area contributed by atoms with Gasteiger partial charge in [-0.25, -0.2) is 9.37 Å². The second kappa shape index (κ2) is 10.0. The predicted octanol–water partition coefficient (Wildman–Crippen LogP) is 3.56. The Bertz CT molecular complexity index is 646. The number of carbonyl (C=O) groups excluding carboxylic acids is 1. The summed E-state index contributed by atoms with van der Waals surface area (Å²) in [7, 11) is 0. The maximum atomic E-state index is 12.7. The average Bonchev–Trinajstić information content (AvgIpc) is 3.35. The van der Waals surface area contributed by atoms with E-state index in [1.165, 1.54) is 12.8 Å². The SMILES string of the molecule is CC(C)CC(COCF)NC(=O)c1ccc(N2CCCC2)c(OCC2CC2)n1. The highest BCUT2D eigenvalue weighted by Crippen LogP contribution is 2.33. The van der Waals surface area contributed by atoms with Crippen LogP contribution in [0.5, 0.6) is 5.88 Å². The fourth-order valence-corrected chi connectivity index (χ4v) is 3.53. The van der Waals surface area contributed by atoms with Gasteiger partial charge in [-0.05, 0) is 56.1 Å². The highest BCUT2D eigenvalue weighted by Gasteiger charge is 2.25. The second-order valence-corrected chi connectivity index (χ2v) is 8.25. The van der Waals surface area contributed by atoms with Crippen LogP contribution >= 0.6 is 0 Å². The zero-order valence-electron chi connectivity index (χ0n) is 17.0. The summed E-state index contributed by atoms with van der Waals surface area (Å²) in [4.78, 5) is 19.6. The van der Waals surface area contributed by atoms with Crippen molar-refractivity contribution in [2.24, 2.45) is 11.8 Å². The summed E-state index contributed by atoms with van der Waals surface area (Å²) in [6.07, 6.45) is 5.43. The minimum absolute atomic E-state index is 0.150. The van der Waals surface area contributed by atoms with Gasteiger partial charge in [0.05, 0.1) is 24.9 Å².